The Balaban J connectivity index is 0.00000203. The number of aromatic amines is 1. The van der Waals surface area contributed by atoms with E-state index in [4.69, 9.17) is 34.6 Å². The molecule has 35 nitrogen and oxygen atoms in total. The highest BCUT2D eigenvalue weighted by atomic mass is 19.4. The Morgan fingerprint density at radius 3 is 1.92 bits per heavy atom. The second-order valence-electron chi connectivity index (χ2n) is 33.3. The number of aliphatic carboxylic acids is 1. The number of primary amides is 1. The number of aliphatic hydroxyl groups is 6. The number of rotatable bonds is 29. The number of anilines is 1. The first-order valence-corrected chi connectivity index (χ1v) is 40.5. The van der Waals surface area contributed by atoms with Crippen molar-refractivity contribution in [2.45, 2.75) is 226 Å². The highest BCUT2D eigenvalue weighted by Gasteiger charge is 2.81. The number of amides is 8. The van der Waals surface area contributed by atoms with Crippen LogP contribution in [-0.2, 0) is 89.0 Å². The molecule has 3 aromatic rings. The normalized spacial score (nSPS) is 28.4. The molecule has 11 rings (SSSR count). The second kappa shape index (κ2) is 37.2. The van der Waals surface area contributed by atoms with Crippen LogP contribution in [0.25, 0.3) is 10.9 Å². The minimum absolute atomic E-state index is 0.138. The Morgan fingerprint density at radius 1 is 0.739 bits per heavy atom. The SMILES string of the molecule is CC[C@]1(O)C[C@@H]2CN(CCc3c([nH]c4ccccc34)[C@@](C(=O)OC)(c3cc4c(cc3OC)N(C)C3C45CCN4CC=C[C@](CC)(C45)[C@@H](OC(=O)[C@H](CC(C)C)NC(=O)[C@H](CO)NC(=O)[C@H](CCC(N)=O)NC(=O)C(NC(=O)[C@H](CO)NC(=O)[C@H](CO)NC(=O)[C@H]4CC(O)CN4C(C)=O)C4CCCCC4)[C@]3(O)C(=O)OC)C2)C1.O=C(O)C(F)(F)F. The summed E-state index contributed by atoms with van der Waals surface area (Å²) in [4.78, 5) is 177. The van der Waals surface area contributed by atoms with Gasteiger partial charge in [0.1, 0.15) is 53.5 Å². The number of benzene rings is 2. The van der Waals surface area contributed by atoms with Gasteiger partial charge in [-0.15, -0.1) is 0 Å². The number of likely N-dealkylation sites (tertiary alicyclic amines) is 1. The van der Waals surface area contributed by atoms with E-state index in [1.807, 2.05) is 62.4 Å². The first kappa shape index (κ1) is 91.7. The number of nitrogens with two attached hydrogens (primary N) is 1. The van der Waals surface area contributed by atoms with Crippen molar-refractivity contribution >= 4 is 87.7 Å². The van der Waals surface area contributed by atoms with Gasteiger partial charge in [0, 0.05) is 110 Å². The van der Waals surface area contributed by atoms with E-state index in [0.717, 1.165) is 34.9 Å². The number of carboxylic acid groups (broad SMARTS) is 1. The predicted molar refractivity (Wildman–Crippen MR) is 418 cm³/mol. The van der Waals surface area contributed by atoms with E-state index < -0.39 is 210 Å². The maximum Gasteiger partial charge on any atom is 0.490 e. The molecule has 38 heteroatoms. The highest BCUT2D eigenvalue weighted by Crippen LogP contribution is 2.68. The number of aromatic nitrogens is 1. The number of nitrogens with one attached hydrogen (secondary N) is 7. The largest absolute Gasteiger partial charge is 0.496 e. The Morgan fingerprint density at radius 2 is 1.34 bits per heavy atom. The number of likely N-dealkylation sites (N-methyl/N-ethyl adjacent to an activating group) is 1. The lowest BCUT2D eigenvalue weighted by atomic mass is 9.47. The summed E-state index contributed by atoms with van der Waals surface area (Å²) in [5.41, 5.74) is 1.48. The fourth-order valence-electron chi connectivity index (χ4n) is 20.2. The quantitative estimate of drug-likeness (QED) is 0.0234. The summed E-state index contributed by atoms with van der Waals surface area (Å²) in [6.45, 7) is 7.71. The number of hydrogen-bond acceptors (Lipinski definition) is 25. The van der Waals surface area contributed by atoms with E-state index in [1.165, 1.54) is 21.1 Å². The minimum Gasteiger partial charge on any atom is -0.496 e. The molecule has 0 radical (unpaired) electrons. The topological polar surface area (TPSA) is 510 Å². The number of aliphatic hydroxyl groups excluding tert-OH is 4. The fourth-order valence-corrected chi connectivity index (χ4v) is 20.2. The van der Waals surface area contributed by atoms with Crippen LogP contribution in [0.15, 0.2) is 48.6 Å². The van der Waals surface area contributed by atoms with E-state index >= 15 is 14.4 Å². The van der Waals surface area contributed by atoms with E-state index in [2.05, 4.69) is 46.7 Å². The molecule has 2 aliphatic carbocycles. The van der Waals surface area contributed by atoms with Crippen molar-refractivity contribution in [3.63, 3.8) is 0 Å². The maximum absolute atomic E-state index is 15.8. The molecule has 18 atom stereocenters. The van der Waals surface area contributed by atoms with Crippen molar-refractivity contribution in [3.8, 4) is 5.75 Å². The van der Waals surface area contributed by atoms with Crippen LogP contribution in [0.5, 0.6) is 5.75 Å². The maximum atomic E-state index is 15.8. The van der Waals surface area contributed by atoms with Gasteiger partial charge in [0.25, 0.3) is 0 Å². The molecule has 3 saturated heterocycles. The summed E-state index contributed by atoms with van der Waals surface area (Å²) >= 11 is 0. The van der Waals surface area contributed by atoms with Crippen molar-refractivity contribution in [2.75, 3.05) is 92.4 Å². The zero-order valence-electron chi connectivity index (χ0n) is 68.3. The van der Waals surface area contributed by atoms with Gasteiger partial charge in [-0.1, -0.05) is 77.3 Å². The zero-order chi connectivity index (χ0) is 87.3. The van der Waals surface area contributed by atoms with Crippen LogP contribution in [0.3, 0.4) is 0 Å². The number of methoxy groups -OCH3 is 3. The van der Waals surface area contributed by atoms with Crippen LogP contribution in [0.4, 0.5) is 18.9 Å². The number of para-hydroxylation sites is 1. The number of carboxylic acids is 1. The summed E-state index contributed by atoms with van der Waals surface area (Å²) in [6.07, 6.45) is -0.556. The third-order valence-corrected chi connectivity index (χ3v) is 25.5. The molecule has 656 valence electrons. The van der Waals surface area contributed by atoms with Crippen molar-refractivity contribution in [2.24, 2.45) is 28.9 Å². The summed E-state index contributed by atoms with van der Waals surface area (Å²) in [5.74, 6) is -14.3. The van der Waals surface area contributed by atoms with Gasteiger partial charge in [0.15, 0.2) is 6.10 Å². The lowest BCUT2D eigenvalue weighted by Gasteiger charge is -2.63. The van der Waals surface area contributed by atoms with Crippen LogP contribution >= 0.6 is 0 Å². The van der Waals surface area contributed by atoms with Crippen LogP contribution in [-0.4, -0.2) is 298 Å². The standard InChI is InChI=1S/C79H112N12O21.C2HF3O2/c1-10-75(107)34-44-35-78(73(105)110-8,62-48(24-28-89(36-44)41-75)47-20-15-16-21-51(47)81-62)50-32-49-57(33-59(50)109-7)88(6)71-77(49)26-29-90-27-17-25-76(11-2,70(77)90)72(79(71,108)74(106)111-9)112-69(104)53(30-42(3)4)83-64(99)54(38-92)84-63(98)52(22-23-60(80)97)82-68(103)61(45-18-13-12-14-19-45)87-66(101)56(40-94)85-65(100)55(39-93)86-67(102)58-31-46(96)37-91(58)43(5)95;3-2(4,5)1(6)7/h15-17,20-21,25,32-33,42,44-46,52-56,58,61,70-72,81,92-94,96,107-108H,10-14,18-19,22-24,26-31,34-41H2,1-9H3,(H2,80,97)(H,82,103)(H,83,99)(H,84,98)(H,85,100)(H,86,102)(H,87,101);(H,6,7)/t44-,46?,52-,53-,54-,55-,56-,58+,61?,70?,71?,72+,75-,76+,77?,78-,79-;/m0./s1. The first-order chi connectivity index (χ1) is 56.3. The van der Waals surface area contributed by atoms with Crippen LogP contribution in [0.1, 0.15) is 147 Å². The lowest BCUT2D eigenvalue weighted by molar-refractivity contribution is -0.230. The van der Waals surface area contributed by atoms with Crippen molar-refractivity contribution in [1.82, 2.24) is 51.6 Å². The summed E-state index contributed by atoms with van der Waals surface area (Å²) in [6, 6.07) is -1.62. The number of fused-ring (bicyclic) bond motifs is 6. The molecule has 119 heavy (non-hydrogen) atoms. The number of H-pyrrole nitrogens is 1. The summed E-state index contributed by atoms with van der Waals surface area (Å²) in [5, 5.41) is 91.2. The third kappa shape index (κ3) is 18.0. The zero-order valence-corrected chi connectivity index (χ0v) is 68.3. The van der Waals surface area contributed by atoms with Gasteiger partial charge in [-0.2, -0.15) is 13.2 Å². The van der Waals surface area contributed by atoms with Crippen LogP contribution in [0, 0.1) is 23.2 Å². The first-order valence-electron chi connectivity index (χ1n) is 40.5. The number of hydrogen-bond donors (Lipinski definition) is 15. The van der Waals surface area contributed by atoms with E-state index in [1.54, 1.807) is 25.8 Å². The second-order valence-corrected chi connectivity index (χ2v) is 33.3. The lowest BCUT2D eigenvalue weighted by Crippen LogP contribution is -2.81. The predicted octanol–water partition coefficient (Wildman–Crippen LogP) is -0.636. The molecular formula is C81H113F3N12O23. The van der Waals surface area contributed by atoms with Gasteiger partial charge in [0.2, 0.25) is 52.9 Å². The number of carbonyl (C=O) groups is 12. The average Bonchev–Trinajstić information content (AvgIpc) is 1.49. The molecule has 2 aromatic carbocycles. The third-order valence-electron chi connectivity index (χ3n) is 25.5. The van der Waals surface area contributed by atoms with Crippen molar-refractivity contribution in [1.29, 1.82) is 0 Å². The Labute approximate surface area is 685 Å². The van der Waals surface area contributed by atoms with Crippen molar-refractivity contribution in [3.05, 3.63) is 70.9 Å². The molecule has 6 unspecified atom stereocenters. The Bertz CT molecular complexity index is 4350. The molecule has 8 aliphatic rings. The molecule has 6 aliphatic heterocycles. The highest BCUT2D eigenvalue weighted by molar-refractivity contribution is 5.99. The van der Waals surface area contributed by atoms with Gasteiger partial charge in [-0.3, -0.25) is 53.0 Å². The number of esters is 3. The van der Waals surface area contributed by atoms with Gasteiger partial charge in [-0.05, 0) is 112 Å². The molecule has 8 amide bonds. The molecule has 1 spiro atoms. The summed E-state index contributed by atoms with van der Waals surface area (Å²) in [7, 11) is 5.73. The molecule has 2 saturated carbocycles. The molecular weight excluding hydrogens is 1570 g/mol. The Hall–Kier alpha value is -9.57. The van der Waals surface area contributed by atoms with Crippen LogP contribution < -0.4 is 47.3 Å². The number of nitrogens with zero attached hydrogens (tertiary/aromatic N) is 4. The monoisotopic (exact) mass is 1680 g/mol. The van der Waals surface area contributed by atoms with Crippen molar-refractivity contribution < 1.29 is 125 Å². The van der Waals surface area contributed by atoms with E-state index in [9.17, 15) is 82.2 Å². The van der Waals surface area contributed by atoms with E-state index in [-0.39, 0.29) is 44.1 Å². The molecule has 5 fully saturated rings. The number of carbonyl (C=O) groups excluding carboxylic acids is 11. The van der Waals surface area contributed by atoms with Crippen LogP contribution in [0.2, 0.25) is 0 Å². The van der Waals surface area contributed by atoms with Gasteiger partial charge in [-0.25, -0.2) is 14.4 Å². The molecule has 2 bridgehead atoms. The number of alkyl halides is 3. The number of ether oxygens (including phenoxy) is 4. The molecule has 16 N–H and O–H groups in total. The Kier molecular flexibility index (Phi) is 28.7. The minimum atomic E-state index is -5.08. The van der Waals surface area contributed by atoms with Gasteiger partial charge in [0.05, 0.1) is 58.9 Å². The van der Waals surface area contributed by atoms with Gasteiger partial charge < -0.3 is 107 Å². The number of halogens is 3. The fraction of sp³-hybridized carbons (Fsp3) is 0.654. The molecule has 1 aromatic heterocycles. The summed E-state index contributed by atoms with van der Waals surface area (Å²) < 4.78 is 56.7. The number of β-amino-alcohol motifs (C(OH)–C–C–N with tert-alkyl or cyclic N) is 1. The smallest absolute Gasteiger partial charge is 0.490 e. The number of piperidine rings is 1. The van der Waals surface area contributed by atoms with E-state index in [0.29, 0.717) is 112 Å². The van der Waals surface area contributed by atoms with Gasteiger partial charge >= 0.3 is 30.1 Å². The molecule has 7 heterocycles. The average molecular weight is 1680 g/mol.